The molecule has 8 heteroatoms. The van der Waals surface area contributed by atoms with Crippen LogP contribution in [0.15, 0.2) is 18.2 Å². The van der Waals surface area contributed by atoms with Crippen molar-refractivity contribution in [2.75, 3.05) is 24.2 Å². The number of carbonyl (C=O) groups excluding carboxylic acids is 4. The largest absolute Gasteiger partial charge is 0.346 e. The van der Waals surface area contributed by atoms with E-state index in [1.54, 1.807) is 0 Å². The SMILES string of the molecule is CCc1cccc(C)c1NC(=O)C(=O)NCCN1C(=O)CSC1=O. The quantitative estimate of drug-likeness (QED) is 0.782. The first-order chi connectivity index (χ1) is 11.4. The van der Waals surface area contributed by atoms with E-state index in [1.165, 1.54) is 0 Å². The summed E-state index contributed by atoms with van der Waals surface area (Å²) < 4.78 is 0. The molecule has 2 N–H and O–H groups in total. The highest BCUT2D eigenvalue weighted by atomic mass is 32.2. The van der Waals surface area contributed by atoms with Gasteiger partial charge in [-0.2, -0.15) is 0 Å². The van der Waals surface area contributed by atoms with E-state index in [0.717, 1.165) is 34.2 Å². The standard InChI is InChI=1S/C16H19N3O4S/c1-3-11-6-4-5-10(2)13(11)18-15(22)14(21)17-7-8-19-12(20)9-24-16(19)23/h4-6H,3,7-9H2,1-2H3,(H,17,21)(H,18,22). The first-order valence-electron chi connectivity index (χ1n) is 7.58. The van der Waals surface area contributed by atoms with Gasteiger partial charge in [-0.3, -0.25) is 24.1 Å². The molecule has 128 valence electrons. The van der Waals surface area contributed by atoms with Crippen LogP contribution in [-0.4, -0.2) is 46.7 Å². The molecule has 0 radical (unpaired) electrons. The van der Waals surface area contributed by atoms with Crippen LogP contribution in [0.1, 0.15) is 18.1 Å². The number of hydrogen-bond donors (Lipinski definition) is 2. The number of aryl methyl sites for hydroxylation is 2. The van der Waals surface area contributed by atoms with Gasteiger partial charge in [-0.25, -0.2) is 0 Å². The molecule has 1 aromatic rings. The van der Waals surface area contributed by atoms with Crippen molar-refractivity contribution >= 4 is 40.4 Å². The Bertz CT molecular complexity index is 674. The van der Waals surface area contributed by atoms with Crippen molar-refractivity contribution in [3.63, 3.8) is 0 Å². The normalized spacial score (nSPS) is 14.0. The molecule has 0 aliphatic carbocycles. The molecule has 0 aromatic heterocycles. The molecule has 0 saturated carbocycles. The molecular weight excluding hydrogens is 330 g/mol. The van der Waals surface area contributed by atoms with Crippen molar-refractivity contribution in [1.82, 2.24) is 10.2 Å². The zero-order chi connectivity index (χ0) is 17.7. The second kappa shape index (κ2) is 7.96. The molecule has 2 rings (SSSR count). The van der Waals surface area contributed by atoms with Gasteiger partial charge in [0.1, 0.15) is 0 Å². The van der Waals surface area contributed by atoms with Gasteiger partial charge in [-0.1, -0.05) is 36.9 Å². The summed E-state index contributed by atoms with van der Waals surface area (Å²) in [5, 5.41) is 4.72. The van der Waals surface area contributed by atoms with Gasteiger partial charge in [0.05, 0.1) is 5.75 Å². The molecule has 4 amide bonds. The first-order valence-corrected chi connectivity index (χ1v) is 8.57. The summed E-state index contributed by atoms with van der Waals surface area (Å²) in [5.74, 6) is -1.73. The number of benzene rings is 1. The minimum atomic E-state index is -0.799. The molecule has 1 heterocycles. The van der Waals surface area contributed by atoms with Crippen molar-refractivity contribution in [3.8, 4) is 0 Å². The Labute approximate surface area is 144 Å². The van der Waals surface area contributed by atoms with Gasteiger partial charge in [-0.05, 0) is 24.5 Å². The van der Waals surface area contributed by atoms with E-state index >= 15 is 0 Å². The maximum absolute atomic E-state index is 12.0. The average Bonchev–Trinajstić information content (AvgIpc) is 2.88. The number of carbonyl (C=O) groups is 4. The minimum Gasteiger partial charge on any atom is -0.346 e. The van der Waals surface area contributed by atoms with Crippen LogP contribution in [0.25, 0.3) is 0 Å². The summed E-state index contributed by atoms with van der Waals surface area (Å²) >= 11 is 0.932. The third-order valence-electron chi connectivity index (χ3n) is 3.65. The van der Waals surface area contributed by atoms with Gasteiger partial charge in [-0.15, -0.1) is 0 Å². The second-order valence-corrected chi connectivity index (χ2v) is 6.20. The van der Waals surface area contributed by atoms with Crippen LogP contribution >= 0.6 is 11.8 Å². The van der Waals surface area contributed by atoms with E-state index < -0.39 is 11.8 Å². The number of nitrogens with zero attached hydrogens (tertiary/aromatic N) is 1. The Kier molecular flexibility index (Phi) is 5.97. The molecule has 0 atom stereocenters. The number of imide groups is 1. The van der Waals surface area contributed by atoms with Crippen molar-refractivity contribution in [1.29, 1.82) is 0 Å². The van der Waals surface area contributed by atoms with Gasteiger partial charge < -0.3 is 10.6 Å². The highest BCUT2D eigenvalue weighted by molar-refractivity contribution is 8.14. The second-order valence-electron chi connectivity index (χ2n) is 5.27. The molecule has 1 aromatic carbocycles. The van der Waals surface area contributed by atoms with Gasteiger partial charge in [0.15, 0.2) is 0 Å². The number of anilines is 1. The molecule has 24 heavy (non-hydrogen) atoms. The molecule has 7 nitrogen and oxygen atoms in total. The molecule has 1 aliphatic rings. The van der Waals surface area contributed by atoms with Gasteiger partial charge in [0.2, 0.25) is 5.91 Å². The van der Waals surface area contributed by atoms with E-state index in [9.17, 15) is 19.2 Å². The zero-order valence-electron chi connectivity index (χ0n) is 13.5. The molecule has 1 aliphatic heterocycles. The Morgan fingerprint density at radius 1 is 1.25 bits per heavy atom. The number of para-hydroxylation sites is 1. The van der Waals surface area contributed by atoms with E-state index in [4.69, 9.17) is 0 Å². The summed E-state index contributed by atoms with van der Waals surface area (Å²) in [7, 11) is 0. The summed E-state index contributed by atoms with van der Waals surface area (Å²) in [6.07, 6.45) is 0.732. The zero-order valence-corrected chi connectivity index (χ0v) is 14.4. The summed E-state index contributed by atoms with van der Waals surface area (Å²) in [6, 6.07) is 5.64. The fourth-order valence-corrected chi connectivity index (χ4v) is 3.08. The molecule has 0 unspecified atom stereocenters. The van der Waals surface area contributed by atoms with Crippen molar-refractivity contribution < 1.29 is 19.2 Å². The molecular formula is C16H19N3O4S. The first kappa shape index (κ1) is 18.0. The Balaban J connectivity index is 1.88. The summed E-state index contributed by atoms with van der Waals surface area (Å²) in [6.45, 7) is 3.93. The third-order valence-corrected chi connectivity index (χ3v) is 4.50. The van der Waals surface area contributed by atoms with Crippen LogP contribution in [0.3, 0.4) is 0 Å². The number of thioether (sulfide) groups is 1. The van der Waals surface area contributed by atoms with Crippen LogP contribution in [0.4, 0.5) is 10.5 Å². The lowest BCUT2D eigenvalue weighted by molar-refractivity contribution is -0.136. The lowest BCUT2D eigenvalue weighted by Crippen LogP contribution is -2.41. The van der Waals surface area contributed by atoms with Crippen molar-refractivity contribution in [3.05, 3.63) is 29.3 Å². The van der Waals surface area contributed by atoms with Crippen molar-refractivity contribution in [2.45, 2.75) is 20.3 Å². The monoisotopic (exact) mass is 349 g/mol. The Morgan fingerprint density at radius 2 is 2.00 bits per heavy atom. The highest BCUT2D eigenvalue weighted by Gasteiger charge is 2.29. The summed E-state index contributed by atoms with van der Waals surface area (Å²) in [5.41, 5.74) is 2.46. The lowest BCUT2D eigenvalue weighted by atomic mass is 10.1. The fraction of sp³-hybridized carbons (Fsp3) is 0.375. The number of hydrogen-bond acceptors (Lipinski definition) is 5. The lowest BCUT2D eigenvalue weighted by Gasteiger charge is -2.14. The predicted molar refractivity (Wildman–Crippen MR) is 91.8 cm³/mol. The third kappa shape index (κ3) is 4.14. The number of nitrogens with one attached hydrogen (secondary N) is 2. The predicted octanol–water partition coefficient (Wildman–Crippen LogP) is 1.31. The Hall–Kier alpha value is -2.35. The average molecular weight is 349 g/mol. The topological polar surface area (TPSA) is 95.6 Å². The Morgan fingerprint density at radius 3 is 2.62 bits per heavy atom. The van der Waals surface area contributed by atoms with Crippen LogP contribution in [0.2, 0.25) is 0 Å². The number of rotatable bonds is 5. The number of amides is 4. The highest BCUT2D eigenvalue weighted by Crippen LogP contribution is 2.21. The van der Waals surface area contributed by atoms with E-state index in [1.807, 2.05) is 32.0 Å². The van der Waals surface area contributed by atoms with Crippen LogP contribution in [0, 0.1) is 6.92 Å². The smallest absolute Gasteiger partial charge is 0.313 e. The van der Waals surface area contributed by atoms with E-state index in [2.05, 4.69) is 10.6 Å². The van der Waals surface area contributed by atoms with Crippen molar-refractivity contribution in [2.24, 2.45) is 0 Å². The molecule has 1 fully saturated rings. The van der Waals surface area contributed by atoms with Gasteiger partial charge in [0.25, 0.3) is 5.24 Å². The fourth-order valence-electron chi connectivity index (χ4n) is 2.33. The minimum absolute atomic E-state index is 0.0404. The molecule has 0 bridgehead atoms. The van der Waals surface area contributed by atoms with Gasteiger partial charge in [0, 0.05) is 18.8 Å². The summed E-state index contributed by atoms with van der Waals surface area (Å²) in [4.78, 5) is 47.8. The van der Waals surface area contributed by atoms with Crippen LogP contribution in [-0.2, 0) is 20.8 Å². The van der Waals surface area contributed by atoms with E-state index in [0.29, 0.717) is 5.69 Å². The van der Waals surface area contributed by atoms with Crippen LogP contribution < -0.4 is 10.6 Å². The molecule has 0 spiro atoms. The van der Waals surface area contributed by atoms with Crippen LogP contribution in [0.5, 0.6) is 0 Å². The maximum Gasteiger partial charge on any atom is 0.313 e. The maximum atomic E-state index is 12.0. The van der Waals surface area contributed by atoms with E-state index in [-0.39, 0.29) is 30.0 Å². The molecule has 1 saturated heterocycles. The van der Waals surface area contributed by atoms with Gasteiger partial charge >= 0.3 is 11.8 Å².